The topological polar surface area (TPSA) is 35.5 Å². The molecule has 3 rings (SSSR count). The Hall–Kier alpha value is -2.91. The molecule has 0 fully saturated rings. The largest absolute Gasteiger partial charge is 0.423 e. The van der Waals surface area contributed by atoms with Gasteiger partial charge in [-0.3, -0.25) is 0 Å². The van der Waals surface area contributed by atoms with Gasteiger partial charge in [0.05, 0.1) is 11.7 Å². The van der Waals surface area contributed by atoms with Gasteiger partial charge in [-0.05, 0) is 66.3 Å². The van der Waals surface area contributed by atoms with E-state index in [0.29, 0.717) is 11.3 Å². The second kappa shape index (κ2) is 11.5. The minimum atomic E-state index is -0.357. The summed E-state index contributed by atoms with van der Waals surface area (Å²) in [7, 11) is 0. The Labute approximate surface area is 186 Å². The van der Waals surface area contributed by atoms with Gasteiger partial charge in [0.2, 0.25) is 0 Å². The maximum absolute atomic E-state index is 12.5. The molecule has 0 heterocycles. The van der Waals surface area contributed by atoms with Crippen LogP contribution in [0.1, 0.15) is 67.6 Å². The summed E-state index contributed by atoms with van der Waals surface area (Å²) < 4.78 is 11.4. The van der Waals surface area contributed by atoms with E-state index < -0.39 is 0 Å². The highest BCUT2D eigenvalue weighted by Gasteiger charge is 2.11. The van der Waals surface area contributed by atoms with Crippen molar-refractivity contribution in [2.24, 2.45) is 0 Å². The van der Waals surface area contributed by atoms with Crippen LogP contribution in [0, 0.1) is 0 Å². The van der Waals surface area contributed by atoms with Gasteiger partial charge >= 0.3 is 5.97 Å². The highest BCUT2D eigenvalue weighted by Crippen LogP contribution is 2.23. The summed E-state index contributed by atoms with van der Waals surface area (Å²) in [6, 6.07) is 23.7. The van der Waals surface area contributed by atoms with Crippen molar-refractivity contribution in [2.45, 2.75) is 52.6 Å². The minimum absolute atomic E-state index is 0.0277. The third kappa shape index (κ3) is 6.53. The van der Waals surface area contributed by atoms with Gasteiger partial charge in [-0.2, -0.15) is 0 Å². The smallest absolute Gasteiger partial charge is 0.343 e. The molecule has 0 radical (unpaired) electrons. The zero-order valence-corrected chi connectivity index (χ0v) is 18.8. The third-order valence-electron chi connectivity index (χ3n) is 5.37. The van der Waals surface area contributed by atoms with Gasteiger partial charge in [-0.15, -0.1) is 0 Å². The normalized spacial score (nSPS) is 11.8. The van der Waals surface area contributed by atoms with E-state index in [0.717, 1.165) is 49.0 Å². The van der Waals surface area contributed by atoms with E-state index in [-0.39, 0.29) is 12.1 Å². The Morgan fingerprint density at radius 1 is 0.806 bits per heavy atom. The van der Waals surface area contributed by atoms with Crippen LogP contribution in [0.4, 0.5) is 0 Å². The van der Waals surface area contributed by atoms with Crippen LogP contribution in [0.15, 0.2) is 72.8 Å². The van der Waals surface area contributed by atoms with Crippen LogP contribution in [0.25, 0.3) is 11.1 Å². The molecule has 0 aromatic heterocycles. The molecule has 0 aliphatic heterocycles. The van der Waals surface area contributed by atoms with Gasteiger partial charge in [0.15, 0.2) is 0 Å². The maximum Gasteiger partial charge on any atom is 0.343 e. The molecule has 3 heteroatoms. The van der Waals surface area contributed by atoms with Gasteiger partial charge in [0.25, 0.3) is 0 Å². The first-order valence-corrected chi connectivity index (χ1v) is 11.2. The van der Waals surface area contributed by atoms with Gasteiger partial charge < -0.3 is 9.47 Å². The van der Waals surface area contributed by atoms with Gasteiger partial charge in [0, 0.05) is 6.61 Å². The highest BCUT2D eigenvalue weighted by atomic mass is 16.5. The molecule has 3 aromatic carbocycles. The molecule has 0 aliphatic rings. The quantitative estimate of drug-likeness (QED) is 0.196. The molecule has 3 aromatic rings. The number of benzene rings is 3. The van der Waals surface area contributed by atoms with Crippen molar-refractivity contribution >= 4 is 5.97 Å². The maximum atomic E-state index is 12.5. The summed E-state index contributed by atoms with van der Waals surface area (Å²) in [6.07, 6.45) is 4.44. The van der Waals surface area contributed by atoms with Crippen molar-refractivity contribution in [1.29, 1.82) is 0 Å². The van der Waals surface area contributed by atoms with Crippen molar-refractivity contribution in [3.63, 3.8) is 0 Å². The van der Waals surface area contributed by atoms with Crippen LogP contribution >= 0.6 is 0 Å². The molecule has 0 aliphatic carbocycles. The Morgan fingerprint density at radius 3 is 2.00 bits per heavy atom. The molecule has 0 bridgehead atoms. The Morgan fingerprint density at radius 2 is 1.42 bits per heavy atom. The van der Waals surface area contributed by atoms with Crippen LogP contribution in [0.2, 0.25) is 0 Å². The lowest BCUT2D eigenvalue weighted by molar-refractivity contribution is 0.0636. The first kappa shape index (κ1) is 22.8. The first-order chi connectivity index (χ1) is 15.1. The average Bonchev–Trinajstić information content (AvgIpc) is 2.80. The molecule has 3 nitrogen and oxygen atoms in total. The van der Waals surface area contributed by atoms with Crippen LogP contribution in [0.5, 0.6) is 5.75 Å². The number of esters is 1. The zero-order chi connectivity index (χ0) is 22.1. The van der Waals surface area contributed by atoms with Gasteiger partial charge in [0.1, 0.15) is 5.75 Å². The van der Waals surface area contributed by atoms with Crippen molar-refractivity contribution in [3.8, 4) is 16.9 Å². The third-order valence-corrected chi connectivity index (χ3v) is 5.37. The standard InChI is InChI=1S/C28H32O3/c1-4-6-20-30-21(3)23-16-18-27(19-17-23)31-28(29)26-14-12-25(13-15-26)24-10-8-22(7-5-2)9-11-24/h8-19,21H,4-7,20H2,1-3H3. The van der Waals surface area contributed by atoms with Crippen LogP contribution in [0.3, 0.4) is 0 Å². The molecule has 0 amide bonds. The summed E-state index contributed by atoms with van der Waals surface area (Å²) >= 11 is 0. The van der Waals surface area contributed by atoms with Crippen molar-refractivity contribution in [3.05, 3.63) is 89.5 Å². The highest BCUT2D eigenvalue weighted by molar-refractivity contribution is 5.91. The Kier molecular flexibility index (Phi) is 8.43. The second-order valence-corrected chi connectivity index (χ2v) is 7.85. The first-order valence-electron chi connectivity index (χ1n) is 11.2. The molecule has 0 N–H and O–H groups in total. The van der Waals surface area contributed by atoms with Crippen LogP contribution in [-0.4, -0.2) is 12.6 Å². The van der Waals surface area contributed by atoms with E-state index in [1.54, 1.807) is 0 Å². The zero-order valence-electron chi connectivity index (χ0n) is 18.8. The molecule has 0 spiro atoms. The van der Waals surface area contributed by atoms with Gasteiger partial charge in [-0.1, -0.05) is 75.2 Å². The fraction of sp³-hybridized carbons (Fsp3) is 0.321. The summed E-state index contributed by atoms with van der Waals surface area (Å²) in [4.78, 5) is 12.5. The van der Waals surface area contributed by atoms with E-state index >= 15 is 0 Å². The summed E-state index contributed by atoms with van der Waals surface area (Å²) in [5, 5.41) is 0. The van der Waals surface area contributed by atoms with Crippen molar-refractivity contribution in [2.75, 3.05) is 6.61 Å². The van der Waals surface area contributed by atoms with E-state index in [9.17, 15) is 4.79 Å². The average molecular weight is 417 g/mol. The number of hydrogen-bond donors (Lipinski definition) is 0. The van der Waals surface area contributed by atoms with Crippen LogP contribution < -0.4 is 4.74 Å². The lowest BCUT2D eigenvalue weighted by Crippen LogP contribution is -2.08. The lowest BCUT2D eigenvalue weighted by Gasteiger charge is -2.13. The number of carbonyl (C=O) groups is 1. The van der Waals surface area contributed by atoms with Crippen molar-refractivity contribution in [1.82, 2.24) is 0 Å². The van der Waals surface area contributed by atoms with E-state index in [1.165, 1.54) is 5.56 Å². The number of carbonyl (C=O) groups excluding carboxylic acids is 1. The number of unbranched alkanes of at least 4 members (excludes halogenated alkanes) is 1. The van der Waals surface area contributed by atoms with Crippen LogP contribution in [-0.2, 0) is 11.2 Å². The van der Waals surface area contributed by atoms with Crippen molar-refractivity contribution < 1.29 is 14.3 Å². The fourth-order valence-corrected chi connectivity index (χ4v) is 3.42. The molecular weight excluding hydrogens is 384 g/mol. The van der Waals surface area contributed by atoms with Gasteiger partial charge in [-0.25, -0.2) is 4.79 Å². The molecule has 1 atom stereocenters. The summed E-state index contributed by atoms with van der Waals surface area (Å²) in [6.45, 7) is 7.13. The Balaban J connectivity index is 1.59. The molecule has 162 valence electrons. The Bertz CT molecular complexity index is 941. The summed E-state index contributed by atoms with van der Waals surface area (Å²) in [5.41, 5.74) is 5.18. The van der Waals surface area contributed by atoms with E-state index in [2.05, 4.69) is 38.1 Å². The molecule has 0 saturated heterocycles. The molecule has 1 unspecified atom stereocenters. The minimum Gasteiger partial charge on any atom is -0.423 e. The number of hydrogen-bond acceptors (Lipinski definition) is 3. The molecule has 0 saturated carbocycles. The van der Waals surface area contributed by atoms with E-state index in [4.69, 9.17) is 9.47 Å². The predicted octanol–water partition coefficient (Wildman–Crippen LogP) is 7.40. The lowest BCUT2D eigenvalue weighted by atomic mass is 10.0. The number of aryl methyl sites for hydroxylation is 1. The number of rotatable bonds is 10. The monoisotopic (exact) mass is 416 g/mol. The summed E-state index contributed by atoms with van der Waals surface area (Å²) in [5.74, 6) is 0.176. The number of ether oxygens (including phenoxy) is 2. The fourth-order valence-electron chi connectivity index (χ4n) is 3.42. The predicted molar refractivity (Wildman–Crippen MR) is 127 cm³/mol. The van der Waals surface area contributed by atoms with E-state index in [1.807, 2.05) is 55.5 Å². The second-order valence-electron chi connectivity index (χ2n) is 7.85. The molecular formula is C28H32O3. The SMILES string of the molecule is CCCCOC(C)c1ccc(OC(=O)c2ccc(-c3ccc(CCC)cc3)cc2)cc1. The molecule has 31 heavy (non-hydrogen) atoms.